The molecular formula is C30H37N9O2S. The number of amides is 1. The van der Waals surface area contributed by atoms with Gasteiger partial charge in [0.05, 0.1) is 29.5 Å². The molecule has 5 heterocycles. The number of benzene rings is 1. The monoisotopic (exact) mass is 587 g/mol. The van der Waals surface area contributed by atoms with Crippen molar-refractivity contribution in [2.75, 3.05) is 18.4 Å². The Balaban J connectivity index is 0.000000271. The first-order chi connectivity index (χ1) is 20.4. The topological polar surface area (TPSA) is 126 Å². The number of anilines is 2. The van der Waals surface area contributed by atoms with E-state index in [9.17, 15) is 9.90 Å². The zero-order valence-corrected chi connectivity index (χ0v) is 25.0. The molecule has 0 spiro atoms. The molecule has 1 aliphatic rings. The van der Waals surface area contributed by atoms with Crippen LogP contribution in [-0.4, -0.2) is 58.0 Å². The van der Waals surface area contributed by atoms with E-state index in [1.807, 2.05) is 42.5 Å². The van der Waals surface area contributed by atoms with E-state index in [1.54, 1.807) is 18.2 Å². The number of aryl methyl sites for hydroxylation is 2. The molecule has 5 aromatic rings. The summed E-state index contributed by atoms with van der Waals surface area (Å²) in [6, 6.07) is 9.02. The minimum atomic E-state index is 0.210. The Morgan fingerprint density at radius 3 is 2.83 bits per heavy atom. The van der Waals surface area contributed by atoms with Gasteiger partial charge in [0, 0.05) is 49.7 Å². The summed E-state index contributed by atoms with van der Waals surface area (Å²) >= 11 is 1.48. The fraction of sp³-hybridized carbons (Fsp3) is 0.367. The van der Waals surface area contributed by atoms with Crippen molar-refractivity contribution in [1.29, 1.82) is 0 Å². The van der Waals surface area contributed by atoms with Gasteiger partial charge in [-0.3, -0.25) is 18.8 Å². The lowest BCUT2D eigenvalue weighted by molar-refractivity contribution is -0.109. The van der Waals surface area contributed by atoms with Crippen molar-refractivity contribution >= 4 is 34.4 Å². The van der Waals surface area contributed by atoms with Crippen molar-refractivity contribution in [3.63, 3.8) is 0 Å². The van der Waals surface area contributed by atoms with E-state index in [0.29, 0.717) is 13.0 Å². The van der Waals surface area contributed by atoms with Gasteiger partial charge in [-0.05, 0) is 62.8 Å². The Morgan fingerprint density at radius 1 is 1.21 bits per heavy atom. The lowest BCUT2D eigenvalue weighted by Gasteiger charge is -2.30. The summed E-state index contributed by atoms with van der Waals surface area (Å²) in [5.41, 5.74) is 5.60. The van der Waals surface area contributed by atoms with Gasteiger partial charge in [-0.2, -0.15) is 9.47 Å². The standard InChI is InChI=1S/C22H28N8S.C8H9NO2/c1-4-29-13-17(9-24-29)19-10-23-22-21(25-16(3)12-30(19)22)26-20-8-18(27-31-20)14-28-7-5-6-15(2)11-28;10-6-9-5-7-3-1-2-4-8(7)11/h8-10,12-13,15H,4-7,11,14H2,1-3H3,(H,25,26);1-4,6,11H,5H2,(H,9,10). The molecule has 1 aromatic carbocycles. The van der Waals surface area contributed by atoms with Crippen molar-refractivity contribution < 1.29 is 9.90 Å². The smallest absolute Gasteiger partial charge is 0.207 e. The number of aromatic nitrogens is 6. The molecule has 6 rings (SSSR count). The number of carbonyl (C=O) groups excluding carboxylic acids is 1. The molecular weight excluding hydrogens is 550 g/mol. The molecule has 0 bridgehead atoms. The van der Waals surface area contributed by atoms with Gasteiger partial charge in [-0.25, -0.2) is 9.97 Å². The molecule has 0 aliphatic carbocycles. The van der Waals surface area contributed by atoms with Gasteiger partial charge < -0.3 is 15.7 Å². The second kappa shape index (κ2) is 13.6. The molecule has 0 saturated carbocycles. The number of para-hydroxylation sites is 1. The van der Waals surface area contributed by atoms with Crippen LogP contribution in [-0.2, 0) is 24.4 Å². The molecule has 42 heavy (non-hydrogen) atoms. The molecule has 1 saturated heterocycles. The summed E-state index contributed by atoms with van der Waals surface area (Å²) in [4.78, 5) is 21.8. The number of phenolic OH excluding ortho intramolecular Hbond substituents is 1. The highest BCUT2D eigenvalue weighted by molar-refractivity contribution is 7.10. The molecule has 11 nitrogen and oxygen atoms in total. The summed E-state index contributed by atoms with van der Waals surface area (Å²) in [5.74, 6) is 1.73. The normalized spacial score (nSPS) is 15.3. The molecule has 1 atom stereocenters. The van der Waals surface area contributed by atoms with E-state index in [-0.39, 0.29) is 5.75 Å². The number of carbonyl (C=O) groups is 1. The van der Waals surface area contributed by atoms with Gasteiger partial charge in [-0.1, -0.05) is 25.1 Å². The van der Waals surface area contributed by atoms with Crippen LogP contribution in [0.25, 0.3) is 16.9 Å². The molecule has 1 amide bonds. The average molecular weight is 588 g/mol. The molecule has 1 aliphatic heterocycles. The van der Waals surface area contributed by atoms with Crippen LogP contribution in [0.5, 0.6) is 5.75 Å². The minimum Gasteiger partial charge on any atom is -0.508 e. The second-order valence-corrected chi connectivity index (χ2v) is 11.4. The van der Waals surface area contributed by atoms with E-state index in [4.69, 9.17) is 4.98 Å². The quantitative estimate of drug-likeness (QED) is 0.206. The zero-order valence-electron chi connectivity index (χ0n) is 24.2. The van der Waals surface area contributed by atoms with Gasteiger partial charge in [-0.15, -0.1) is 0 Å². The number of nitrogens with one attached hydrogen (secondary N) is 2. The largest absolute Gasteiger partial charge is 0.508 e. The molecule has 12 heteroatoms. The van der Waals surface area contributed by atoms with Crippen molar-refractivity contribution in [3.8, 4) is 17.0 Å². The lowest BCUT2D eigenvalue weighted by Crippen LogP contribution is -2.33. The van der Waals surface area contributed by atoms with Crippen LogP contribution < -0.4 is 10.6 Å². The van der Waals surface area contributed by atoms with Crippen molar-refractivity contribution in [2.24, 2.45) is 5.92 Å². The predicted molar refractivity (Wildman–Crippen MR) is 165 cm³/mol. The highest BCUT2D eigenvalue weighted by atomic mass is 32.1. The molecule has 220 valence electrons. The average Bonchev–Trinajstić information content (AvgIpc) is 3.73. The van der Waals surface area contributed by atoms with Crippen molar-refractivity contribution in [1.82, 2.24) is 38.7 Å². The molecule has 3 N–H and O–H groups in total. The Morgan fingerprint density at radius 2 is 2.07 bits per heavy atom. The summed E-state index contributed by atoms with van der Waals surface area (Å²) in [6.07, 6.45) is 11.0. The third-order valence-corrected chi connectivity index (χ3v) is 7.90. The number of hydrogen-bond donors (Lipinski definition) is 3. The van der Waals surface area contributed by atoms with E-state index < -0.39 is 0 Å². The first kappa shape index (κ1) is 29.2. The minimum absolute atomic E-state index is 0.210. The highest BCUT2D eigenvalue weighted by Gasteiger charge is 2.18. The highest BCUT2D eigenvalue weighted by Crippen LogP contribution is 2.28. The van der Waals surface area contributed by atoms with Gasteiger partial charge in [0.25, 0.3) is 0 Å². The first-order valence-electron chi connectivity index (χ1n) is 14.2. The Bertz CT molecular complexity index is 1630. The van der Waals surface area contributed by atoms with Gasteiger partial charge >= 0.3 is 0 Å². The first-order valence-corrected chi connectivity index (χ1v) is 15.0. The van der Waals surface area contributed by atoms with Gasteiger partial charge in [0.15, 0.2) is 11.5 Å². The number of rotatable bonds is 9. The number of likely N-dealkylation sites (tertiary alicyclic amines) is 1. The number of nitrogens with zero attached hydrogens (tertiary/aromatic N) is 7. The SMILES string of the molecule is CCn1cc(-c2cnc3c(Nc4cc(CN5CCCC(C)C5)ns4)nc(C)cn23)cn1.O=CNCc1ccccc1O. The maximum Gasteiger partial charge on any atom is 0.207 e. The van der Waals surface area contributed by atoms with E-state index in [1.165, 1.54) is 24.4 Å². The molecule has 1 unspecified atom stereocenters. The van der Waals surface area contributed by atoms with Crippen LogP contribution in [0.4, 0.5) is 10.8 Å². The van der Waals surface area contributed by atoms with Crippen molar-refractivity contribution in [2.45, 2.75) is 53.2 Å². The predicted octanol–water partition coefficient (Wildman–Crippen LogP) is 4.99. The number of fused-ring (bicyclic) bond motifs is 1. The maximum absolute atomic E-state index is 9.90. The zero-order chi connectivity index (χ0) is 29.5. The maximum atomic E-state index is 9.90. The van der Waals surface area contributed by atoms with Crippen LogP contribution in [0.1, 0.15) is 43.6 Å². The van der Waals surface area contributed by atoms with Crippen LogP contribution in [0.15, 0.2) is 55.1 Å². The van der Waals surface area contributed by atoms with E-state index >= 15 is 0 Å². The van der Waals surface area contributed by atoms with Gasteiger partial charge in [0.1, 0.15) is 10.8 Å². The number of aromatic hydroxyl groups is 1. The molecule has 1 fully saturated rings. The summed E-state index contributed by atoms with van der Waals surface area (Å²) in [6.45, 7) is 10.9. The second-order valence-electron chi connectivity index (χ2n) is 10.6. The van der Waals surface area contributed by atoms with Crippen LogP contribution in [0, 0.1) is 12.8 Å². The fourth-order valence-corrected chi connectivity index (χ4v) is 5.77. The van der Waals surface area contributed by atoms with Crippen LogP contribution in [0.3, 0.4) is 0 Å². The van der Waals surface area contributed by atoms with E-state index in [0.717, 1.165) is 76.8 Å². The van der Waals surface area contributed by atoms with Crippen LogP contribution >= 0.6 is 11.5 Å². The summed E-state index contributed by atoms with van der Waals surface area (Å²) in [5, 5.41) is 20.5. The number of hydrogen-bond acceptors (Lipinski definition) is 9. The summed E-state index contributed by atoms with van der Waals surface area (Å²) in [7, 11) is 0. The fourth-order valence-electron chi connectivity index (χ4n) is 5.11. The van der Waals surface area contributed by atoms with E-state index in [2.05, 4.69) is 54.3 Å². The van der Waals surface area contributed by atoms with Gasteiger partial charge in [0.2, 0.25) is 6.41 Å². The third kappa shape index (κ3) is 7.12. The number of piperidine rings is 1. The van der Waals surface area contributed by atoms with Crippen LogP contribution in [0.2, 0.25) is 0 Å². The summed E-state index contributed by atoms with van der Waals surface area (Å²) < 4.78 is 8.67. The lowest BCUT2D eigenvalue weighted by atomic mass is 10.0. The third-order valence-electron chi connectivity index (χ3n) is 7.16. The molecule has 0 radical (unpaired) electrons. The number of imidazole rings is 1. The Labute approximate surface area is 249 Å². The van der Waals surface area contributed by atoms with Crippen molar-refractivity contribution in [3.05, 3.63) is 72.1 Å². The Hall–Kier alpha value is -4.29. The number of phenols is 1. The molecule has 4 aromatic heterocycles. The Kier molecular flexibility index (Phi) is 9.45.